The number of halogens is 1. The summed E-state index contributed by atoms with van der Waals surface area (Å²) < 4.78 is 18.5. The highest BCUT2D eigenvalue weighted by Gasteiger charge is 2.03. The van der Waals surface area contributed by atoms with Crippen molar-refractivity contribution >= 4 is 5.96 Å². The van der Waals surface area contributed by atoms with Gasteiger partial charge in [-0.3, -0.25) is 4.99 Å². The monoisotopic (exact) mass is 329 g/mol. The van der Waals surface area contributed by atoms with Crippen LogP contribution in [0.15, 0.2) is 53.5 Å². The van der Waals surface area contributed by atoms with E-state index >= 15 is 0 Å². The maximum Gasteiger partial charge on any atom is 0.190 e. The number of rotatable bonds is 7. The lowest BCUT2D eigenvalue weighted by Crippen LogP contribution is -2.39. The molecule has 2 N–H and O–H groups in total. The summed E-state index contributed by atoms with van der Waals surface area (Å²) in [5.74, 6) is 1.43. The van der Waals surface area contributed by atoms with E-state index in [1.807, 2.05) is 24.3 Å². The van der Waals surface area contributed by atoms with Crippen LogP contribution in [-0.4, -0.2) is 33.2 Å². The first-order chi connectivity index (χ1) is 11.7. The third-order valence-corrected chi connectivity index (χ3v) is 3.70. The Labute approximate surface area is 142 Å². The Morgan fingerprint density at radius 3 is 2.50 bits per heavy atom. The minimum absolute atomic E-state index is 0.202. The average Bonchev–Trinajstić information content (AvgIpc) is 2.61. The normalized spacial score (nSPS) is 11.2. The second-order valence-corrected chi connectivity index (χ2v) is 5.37. The van der Waals surface area contributed by atoms with E-state index in [9.17, 15) is 4.39 Å². The third kappa shape index (κ3) is 5.57. The van der Waals surface area contributed by atoms with Crippen molar-refractivity contribution in [2.45, 2.75) is 12.8 Å². The highest BCUT2D eigenvalue weighted by molar-refractivity contribution is 5.79. The predicted molar refractivity (Wildman–Crippen MR) is 96.2 cm³/mol. The second-order valence-electron chi connectivity index (χ2n) is 5.37. The summed E-state index contributed by atoms with van der Waals surface area (Å²) in [7, 11) is 3.42. The van der Waals surface area contributed by atoms with Crippen molar-refractivity contribution in [1.29, 1.82) is 0 Å². The average molecular weight is 329 g/mol. The largest absolute Gasteiger partial charge is 0.496 e. The fourth-order valence-electron chi connectivity index (χ4n) is 2.46. The molecule has 0 aliphatic heterocycles. The van der Waals surface area contributed by atoms with Crippen molar-refractivity contribution in [3.63, 3.8) is 0 Å². The van der Waals surface area contributed by atoms with Crippen molar-refractivity contribution in [1.82, 2.24) is 10.6 Å². The zero-order valence-corrected chi connectivity index (χ0v) is 14.2. The quantitative estimate of drug-likeness (QED) is 0.606. The SMILES string of the molecule is CN=C(NCCc1cccc(F)c1)NCCc1ccccc1OC. The number of para-hydroxylation sites is 1. The summed E-state index contributed by atoms with van der Waals surface area (Å²) >= 11 is 0. The number of guanidine groups is 1. The summed E-state index contributed by atoms with van der Waals surface area (Å²) in [6.45, 7) is 1.44. The molecule has 2 aromatic rings. The lowest BCUT2D eigenvalue weighted by Gasteiger charge is -2.13. The molecule has 24 heavy (non-hydrogen) atoms. The summed E-state index contributed by atoms with van der Waals surface area (Å²) in [4.78, 5) is 4.20. The summed E-state index contributed by atoms with van der Waals surface area (Å²) in [6, 6.07) is 14.6. The molecule has 0 atom stereocenters. The number of methoxy groups -OCH3 is 1. The molecule has 5 heteroatoms. The number of hydrogen-bond acceptors (Lipinski definition) is 2. The first kappa shape index (κ1) is 17.8. The van der Waals surface area contributed by atoms with Crippen LogP contribution in [-0.2, 0) is 12.8 Å². The van der Waals surface area contributed by atoms with Gasteiger partial charge in [0.25, 0.3) is 0 Å². The Kier molecular flexibility index (Phi) is 7.08. The Morgan fingerprint density at radius 2 is 1.79 bits per heavy atom. The Bertz CT molecular complexity index is 673. The topological polar surface area (TPSA) is 45.7 Å². The molecule has 128 valence electrons. The van der Waals surface area contributed by atoms with E-state index in [1.165, 1.54) is 6.07 Å². The van der Waals surface area contributed by atoms with Crippen LogP contribution in [0.2, 0.25) is 0 Å². The molecular weight excluding hydrogens is 305 g/mol. The number of nitrogens with zero attached hydrogens (tertiary/aromatic N) is 1. The lowest BCUT2D eigenvalue weighted by molar-refractivity contribution is 0.409. The number of hydrogen-bond donors (Lipinski definition) is 2. The van der Waals surface area contributed by atoms with E-state index in [-0.39, 0.29) is 5.82 Å². The zero-order chi connectivity index (χ0) is 17.2. The van der Waals surface area contributed by atoms with E-state index in [1.54, 1.807) is 26.3 Å². The van der Waals surface area contributed by atoms with Crippen LogP contribution in [0.4, 0.5) is 4.39 Å². The smallest absolute Gasteiger partial charge is 0.190 e. The molecule has 0 unspecified atom stereocenters. The van der Waals surface area contributed by atoms with Crippen LogP contribution < -0.4 is 15.4 Å². The highest BCUT2D eigenvalue weighted by Crippen LogP contribution is 2.17. The summed E-state index contributed by atoms with van der Waals surface area (Å²) in [6.07, 6.45) is 1.58. The van der Waals surface area contributed by atoms with E-state index in [0.29, 0.717) is 6.54 Å². The molecule has 0 spiro atoms. The predicted octanol–water partition coefficient (Wildman–Crippen LogP) is 2.78. The van der Waals surface area contributed by atoms with Gasteiger partial charge >= 0.3 is 0 Å². The summed E-state index contributed by atoms with van der Waals surface area (Å²) in [5, 5.41) is 6.51. The first-order valence-electron chi connectivity index (χ1n) is 8.04. The molecule has 0 amide bonds. The van der Waals surface area contributed by atoms with Gasteiger partial charge in [-0.2, -0.15) is 0 Å². The first-order valence-corrected chi connectivity index (χ1v) is 8.04. The van der Waals surface area contributed by atoms with Gasteiger partial charge in [0.05, 0.1) is 7.11 Å². The molecule has 4 nitrogen and oxygen atoms in total. The molecule has 2 aromatic carbocycles. The van der Waals surface area contributed by atoms with Gasteiger partial charge in [0, 0.05) is 20.1 Å². The fourth-order valence-corrected chi connectivity index (χ4v) is 2.46. The molecule has 0 aliphatic rings. The van der Waals surface area contributed by atoms with Gasteiger partial charge in [0.1, 0.15) is 11.6 Å². The Morgan fingerprint density at radius 1 is 1.04 bits per heavy atom. The van der Waals surface area contributed by atoms with E-state index in [0.717, 1.165) is 42.2 Å². The van der Waals surface area contributed by atoms with Crippen LogP contribution in [0, 0.1) is 5.82 Å². The lowest BCUT2D eigenvalue weighted by atomic mass is 10.1. The molecular formula is C19H24FN3O. The van der Waals surface area contributed by atoms with Gasteiger partial charge in [0.2, 0.25) is 0 Å². The van der Waals surface area contributed by atoms with Crippen LogP contribution >= 0.6 is 0 Å². The van der Waals surface area contributed by atoms with Crippen LogP contribution in [0.3, 0.4) is 0 Å². The van der Waals surface area contributed by atoms with Crippen LogP contribution in [0.25, 0.3) is 0 Å². The molecule has 0 bridgehead atoms. The number of nitrogens with one attached hydrogen (secondary N) is 2. The maximum atomic E-state index is 13.1. The number of ether oxygens (including phenoxy) is 1. The van der Waals surface area contributed by atoms with E-state index in [4.69, 9.17) is 4.74 Å². The Hall–Kier alpha value is -2.56. The zero-order valence-electron chi connectivity index (χ0n) is 14.2. The molecule has 0 radical (unpaired) electrons. The van der Waals surface area contributed by atoms with Crippen molar-refractivity contribution < 1.29 is 9.13 Å². The number of aliphatic imine (C=N–C) groups is 1. The van der Waals surface area contributed by atoms with Gasteiger partial charge in [-0.25, -0.2) is 4.39 Å². The molecule has 0 aliphatic carbocycles. The molecule has 0 fully saturated rings. The van der Waals surface area contributed by atoms with Crippen molar-refractivity contribution in [3.05, 3.63) is 65.5 Å². The highest BCUT2D eigenvalue weighted by atomic mass is 19.1. The summed E-state index contributed by atoms with van der Waals surface area (Å²) in [5.41, 5.74) is 2.12. The van der Waals surface area contributed by atoms with Crippen LogP contribution in [0.5, 0.6) is 5.75 Å². The van der Waals surface area contributed by atoms with Gasteiger partial charge < -0.3 is 15.4 Å². The molecule has 0 saturated heterocycles. The van der Waals surface area contributed by atoms with E-state index < -0.39 is 0 Å². The minimum Gasteiger partial charge on any atom is -0.496 e. The van der Waals surface area contributed by atoms with Crippen molar-refractivity contribution in [3.8, 4) is 5.75 Å². The van der Waals surface area contributed by atoms with Gasteiger partial charge in [0.15, 0.2) is 5.96 Å². The second kappa shape index (κ2) is 9.55. The van der Waals surface area contributed by atoms with Gasteiger partial charge in [-0.15, -0.1) is 0 Å². The van der Waals surface area contributed by atoms with Gasteiger partial charge in [-0.05, 0) is 42.2 Å². The van der Waals surface area contributed by atoms with E-state index in [2.05, 4.69) is 21.7 Å². The molecule has 0 heterocycles. The number of benzene rings is 2. The maximum absolute atomic E-state index is 13.1. The van der Waals surface area contributed by atoms with Crippen molar-refractivity contribution in [2.24, 2.45) is 4.99 Å². The molecule has 0 aromatic heterocycles. The minimum atomic E-state index is -0.202. The van der Waals surface area contributed by atoms with Crippen molar-refractivity contribution in [2.75, 3.05) is 27.2 Å². The standard InChI is InChI=1S/C19H24FN3O/c1-21-19(22-12-10-15-6-5-8-17(20)14-15)23-13-11-16-7-3-4-9-18(16)24-2/h3-9,14H,10-13H2,1-2H3,(H2,21,22,23). The van der Waals surface area contributed by atoms with Gasteiger partial charge in [-0.1, -0.05) is 30.3 Å². The van der Waals surface area contributed by atoms with Crippen LogP contribution in [0.1, 0.15) is 11.1 Å². The molecule has 2 rings (SSSR count). The molecule has 0 saturated carbocycles. The fraction of sp³-hybridized carbons (Fsp3) is 0.316. The Balaban J connectivity index is 1.74. The third-order valence-electron chi connectivity index (χ3n) is 3.70.